The zero-order valence-corrected chi connectivity index (χ0v) is 20.3. The van der Waals surface area contributed by atoms with Crippen LogP contribution >= 0.6 is 11.6 Å². The van der Waals surface area contributed by atoms with Crippen molar-refractivity contribution in [3.8, 4) is 5.75 Å². The van der Waals surface area contributed by atoms with E-state index < -0.39 is 31.0 Å². The number of hydrogen-bond acceptors (Lipinski definition) is 8. The van der Waals surface area contributed by atoms with Crippen LogP contribution in [-0.4, -0.2) is 60.2 Å². The monoisotopic (exact) mass is 532 g/mol. The number of primary sulfonamides is 1. The van der Waals surface area contributed by atoms with Gasteiger partial charge in [0.15, 0.2) is 0 Å². The van der Waals surface area contributed by atoms with Crippen molar-refractivity contribution in [2.45, 2.75) is 28.7 Å². The third-order valence-electron chi connectivity index (χ3n) is 4.93. The molecule has 34 heavy (non-hydrogen) atoms. The van der Waals surface area contributed by atoms with Gasteiger partial charge in [-0.25, -0.2) is 26.7 Å². The van der Waals surface area contributed by atoms with Gasteiger partial charge >= 0.3 is 0 Å². The summed E-state index contributed by atoms with van der Waals surface area (Å²) < 4.78 is 55.9. The Morgan fingerprint density at radius 2 is 1.91 bits per heavy atom. The average molecular weight is 533 g/mol. The molecule has 2 aromatic rings. The maximum Gasteiger partial charge on any atom is 0.240 e. The predicted octanol–water partition coefficient (Wildman–Crippen LogP) is 0.180. The van der Waals surface area contributed by atoms with Crippen LogP contribution in [0.25, 0.3) is 0 Å². The molecule has 2 aromatic carbocycles. The predicted molar refractivity (Wildman–Crippen MR) is 126 cm³/mol. The highest BCUT2D eigenvalue weighted by Crippen LogP contribution is 2.31. The van der Waals surface area contributed by atoms with E-state index >= 15 is 0 Å². The fourth-order valence-electron chi connectivity index (χ4n) is 3.27. The average Bonchev–Trinajstić information content (AvgIpc) is 2.76. The fourth-order valence-corrected chi connectivity index (χ4v) is 5.47. The molecule has 6 N–H and O–H groups in total. The first-order valence-corrected chi connectivity index (χ1v) is 13.6. The zero-order valence-electron chi connectivity index (χ0n) is 18.0. The summed E-state index contributed by atoms with van der Waals surface area (Å²) in [6.07, 6.45) is 0.0597. The molecule has 1 heterocycles. The molecule has 1 atom stereocenters. The zero-order chi connectivity index (χ0) is 24.9. The Bertz CT molecular complexity index is 1270. The van der Waals surface area contributed by atoms with Crippen molar-refractivity contribution in [1.29, 1.82) is 0 Å². The van der Waals surface area contributed by atoms with Crippen molar-refractivity contribution in [2.24, 2.45) is 5.14 Å². The first-order valence-electron chi connectivity index (χ1n) is 10.2. The lowest BCUT2D eigenvalue weighted by Gasteiger charge is -2.21. The first kappa shape index (κ1) is 26.3. The second kappa shape index (κ2) is 11.0. The van der Waals surface area contributed by atoms with Crippen molar-refractivity contribution >= 4 is 43.2 Å². The van der Waals surface area contributed by atoms with Crippen molar-refractivity contribution < 1.29 is 31.5 Å². The van der Waals surface area contributed by atoms with Crippen molar-refractivity contribution in [3.05, 3.63) is 47.0 Å². The van der Waals surface area contributed by atoms with E-state index in [1.807, 2.05) is 0 Å². The number of carbonyl (C=O) groups is 1. The molecule has 0 aliphatic carbocycles. The number of sulfonamides is 2. The highest BCUT2D eigenvalue weighted by atomic mass is 35.5. The number of fused-ring (bicyclic) bond motifs is 1. The SMILES string of the molecule is NS(=O)(=O)c1cc(S(=O)(=O)NCCNCC(O)COc2cccc3c2CCC(=O)N3)ccc1Cl. The van der Waals surface area contributed by atoms with Gasteiger partial charge in [-0.15, -0.1) is 0 Å². The second-order valence-electron chi connectivity index (χ2n) is 7.53. The molecule has 1 unspecified atom stereocenters. The first-order chi connectivity index (χ1) is 16.0. The molecule has 11 nitrogen and oxygen atoms in total. The molecule has 0 bridgehead atoms. The molecule has 0 aromatic heterocycles. The number of ether oxygens (including phenoxy) is 1. The van der Waals surface area contributed by atoms with Gasteiger partial charge in [0.05, 0.1) is 9.92 Å². The van der Waals surface area contributed by atoms with E-state index in [-0.39, 0.29) is 42.1 Å². The molecule has 3 rings (SSSR count). The number of nitrogens with two attached hydrogens (primary N) is 1. The summed E-state index contributed by atoms with van der Waals surface area (Å²) in [5.41, 5.74) is 1.58. The van der Waals surface area contributed by atoms with E-state index in [1.165, 1.54) is 6.07 Å². The molecule has 0 spiro atoms. The molecule has 14 heteroatoms. The number of nitrogens with one attached hydrogen (secondary N) is 3. The van der Waals surface area contributed by atoms with Crippen LogP contribution in [-0.2, 0) is 31.3 Å². The van der Waals surface area contributed by atoms with Gasteiger partial charge in [0.1, 0.15) is 23.4 Å². The lowest BCUT2D eigenvalue weighted by atomic mass is 10.0. The molecular formula is C20H25ClN4O7S2. The summed E-state index contributed by atoms with van der Waals surface area (Å²) in [4.78, 5) is 10.7. The Balaban J connectivity index is 1.44. The number of halogens is 1. The van der Waals surface area contributed by atoms with Gasteiger partial charge in [-0.1, -0.05) is 17.7 Å². The third kappa shape index (κ3) is 6.88. The summed E-state index contributed by atoms with van der Waals surface area (Å²) in [5.74, 6) is 0.538. The summed E-state index contributed by atoms with van der Waals surface area (Å²) in [7, 11) is -8.19. The molecule has 0 radical (unpaired) electrons. The number of benzene rings is 2. The summed E-state index contributed by atoms with van der Waals surface area (Å²) >= 11 is 5.78. The normalized spacial score (nSPS) is 14.9. The van der Waals surface area contributed by atoms with Gasteiger partial charge in [-0.3, -0.25) is 4.79 Å². The number of rotatable bonds is 11. The van der Waals surface area contributed by atoms with Gasteiger partial charge < -0.3 is 20.5 Å². The van der Waals surface area contributed by atoms with E-state index in [4.69, 9.17) is 21.5 Å². The van der Waals surface area contributed by atoms with Crippen molar-refractivity contribution in [3.63, 3.8) is 0 Å². The van der Waals surface area contributed by atoms with Gasteiger partial charge in [-0.05, 0) is 36.8 Å². The van der Waals surface area contributed by atoms with E-state index in [0.29, 0.717) is 24.3 Å². The van der Waals surface area contributed by atoms with Gasteiger partial charge in [0.2, 0.25) is 26.0 Å². The summed E-state index contributed by atoms with van der Waals surface area (Å²) in [6, 6.07) is 8.51. The van der Waals surface area contributed by atoms with Crippen LogP contribution in [0.15, 0.2) is 46.2 Å². The molecule has 1 aliphatic rings. The third-order valence-corrected chi connectivity index (χ3v) is 7.78. The quantitative estimate of drug-likeness (QED) is 0.254. The number of anilines is 1. The van der Waals surface area contributed by atoms with Crippen molar-refractivity contribution in [2.75, 3.05) is 31.6 Å². The van der Waals surface area contributed by atoms with Gasteiger partial charge in [0.25, 0.3) is 0 Å². The molecule has 186 valence electrons. The topological polar surface area (TPSA) is 177 Å². The Morgan fingerprint density at radius 3 is 2.65 bits per heavy atom. The smallest absolute Gasteiger partial charge is 0.240 e. The highest BCUT2D eigenvalue weighted by Gasteiger charge is 2.21. The summed E-state index contributed by atoms with van der Waals surface area (Å²) in [5, 5.41) is 20.7. The Labute approximate surface area is 202 Å². The van der Waals surface area contributed by atoms with Crippen LogP contribution in [0.1, 0.15) is 12.0 Å². The van der Waals surface area contributed by atoms with Crippen LogP contribution in [0.5, 0.6) is 5.75 Å². The number of carbonyl (C=O) groups excluding carboxylic acids is 1. The largest absolute Gasteiger partial charge is 0.490 e. The van der Waals surface area contributed by atoms with E-state index in [0.717, 1.165) is 17.7 Å². The number of aliphatic hydroxyl groups excluding tert-OH is 1. The molecule has 0 saturated heterocycles. The lowest BCUT2D eigenvalue weighted by molar-refractivity contribution is -0.116. The Morgan fingerprint density at radius 1 is 1.15 bits per heavy atom. The maximum absolute atomic E-state index is 12.4. The molecular weight excluding hydrogens is 508 g/mol. The minimum atomic E-state index is -4.18. The van der Waals surface area contributed by atoms with Gasteiger partial charge in [-0.2, -0.15) is 0 Å². The fraction of sp³-hybridized carbons (Fsp3) is 0.350. The highest BCUT2D eigenvalue weighted by molar-refractivity contribution is 7.90. The van der Waals surface area contributed by atoms with E-state index in [1.54, 1.807) is 18.2 Å². The second-order valence-corrected chi connectivity index (χ2v) is 11.2. The summed E-state index contributed by atoms with van der Waals surface area (Å²) in [6.45, 7) is 0.321. The van der Waals surface area contributed by atoms with Crippen molar-refractivity contribution in [1.82, 2.24) is 10.0 Å². The van der Waals surface area contributed by atoms with E-state index in [9.17, 15) is 26.7 Å². The number of amides is 1. The number of aliphatic hydroxyl groups is 1. The van der Waals surface area contributed by atoms with Gasteiger partial charge in [0, 0.05) is 37.3 Å². The van der Waals surface area contributed by atoms with Crippen LogP contribution in [0.2, 0.25) is 5.02 Å². The van der Waals surface area contributed by atoms with E-state index in [2.05, 4.69) is 15.4 Å². The van der Waals surface area contributed by atoms with Crippen LogP contribution in [0.3, 0.4) is 0 Å². The van der Waals surface area contributed by atoms with Crippen LogP contribution in [0.4, 0.5) is 5.69 Å². The Kier molecular flexibility index (Phi) is 8.52. The van der Waals surface area contributed by atoms with Crippen LogP contribution in [0, 0.1) is 0 Å². The maximum atomic E-state index is 12.4. The molecule has 1 amide bonds. The number of hydrogen-bond donors (Lipinski definition) is 5. The minimum Gasteiger partial charge on any atom is -0.490 e. The molecule has 0 fully saturated rings. The standard InChI is InChI=1S/C20H25ClN4O7S2/c21-16-6-4-14(10-19(16)33(22,28)29)34(30,31)24-9-8-23-11-13(26)12-32-18-3-1-2-17-15(18)5-7-20(27)25-17/h1-4,6,10,13,23-24,26H,5,7-9,11-12H2,(H,25,27)(H2,22,28,29). The Hall–Kier alpha value is -2.26. The lowest BCUT2D eigenvalue weighted by Crippen LogP contribution is -2.37. The molecule has 0 saturated carbocycles. The minimum absolute atomic E-state index is 0.00421. The van der Waals surface area contributed by atoms with Crippen LogP contribution < -0.4 is 25.2 Å². The molecule has 1 aliphatic heterocycles.